The fourth-order valence-electron chi connectivity index (χ4n) is 3.59. The molecule has 2 amide bonds. The van der Waals surface area contributed by atoms with Crippen molar-refractivity contribution in [3.63, 3.8) is 0 Å². The number of carbonyl (C=O) groups is 2. The molecule has 0 radical (unpaired) electrons. The zero-order valence-electron chi connectivity index (χ0n) is 14.8. The van der Waals surface area contributed by atoms with Crippen LogP contribution in [0.25, 0.3) is 5.57 Å². The molecule has 2 heterocycles. The zero-order chi connectivity index (χ0) is 19.1. The van der Waals surface area contributed by atoms with Crippen molar-refractivity contribution in [3.05, 3.63) is 70.1 Å². The third kappa shape index (κ3) is 3.02. The van der Waals surface area contributed by atoms with Crippen LogP contribution in [0.1, 0.15) is 24.0 Å². The third-order valence-corrected chi connectivity index (χ3v) is 5.27. The monoisotopic (exact) mass is 384 g/mol. The summed E-state index contributed by atoms with van der Waals surface area (Å²) in [5.74, 6) is -1.39. The van der Waals surface area contributed by atoms with E-state index in [-0.39, 0.29) is 16.6 Å². The minimum absolute atomic E-state index is 0.125. The quantitative estimate of drug-likeness (QED) is 0.746. The number of hydrogen-bond donors (Lipinski definition) is 0. The first-order valence-electron chi connectivity index (χ1n) is 8.87. The van der Waals surface area contributed by atoms with Crippen molar-refractivity contribution in [2.45, 2.75) is 19.8 Å². The zero-order valence-corrected chi connectivity index (χ0v) is 15.6. The molecule has 1 saturated heterocycles. The number of amides is 2. The number of anilines is 1. The molecule has 4 nitrogen and oxygen atoms in total. The van der Waals surface area contributed by atoms with Gasteiger partial charge in [-0.15, -0.1) is 0 Å². The average molecular weight is 385 g/mol. The van der Waals surface area contributed by atoms with Gasteiger partial charge in [-0.1, -0.05) is 41.4 Å². The number of halogens is 2. The minimum atomic E-state index is -0.592. The number of likely N-dealkylation sites (tertiary alicyclic amines) is 1. The highest BCUT2D eigenvalue weighted by Gasteiger charge is 2.43. The Kier molecular flexibility index (Phi) is 4.48. The van der Waals surface area contributed by atoms with Crippen LogP contribution in [0.4, 0.5) is 10.1 Å². The van der Waals surface area contributed by atoms with E-state index in [4.69, 9.17) is 11.6 Å². The van der Waals surface area contributed by atoms with Gasteiger partial charge in [0.25, 0.3) is 11.8 Å². The number of rotatable bonds is 3. The molecule has 138 valence electrons. The normalized spacial score (nSPS) is 17.4. The van der Waals surface area contributed by atoms with Gasteiger partial charge in [0, 0.05) is 13.1 Å². The van der Waals surface area contributed by atoms with Crippen LogP contribution in [0, 0.1) is 12.7 Å². The first-order valence-corrected chi connectivity index (χ1v) is 9.25. The molecular formula is C21H18ClFN2O2. The highest BCUT2D eigenvalue weighted by atomic mass is 35.5. The maximum Gasteiger partial charge on any atom is 0.282 e. The van der Waals surface area contributed by atoms with E-state index in [2.05, 4.69) is 0 Å². The van der Waals surface area contributed by atoms with E-state index < -0.39 is 11.7 Å². The van der Waals surface area contributed by atoms with Gasteiger partial charge >= 0.3 is 0 Å². The second-order valence-corrected chi connectivity index (χ2v) is 7.24. The molecule has 27 heavy (non-hydrogen) atoms. The van der Waals surface area contributed by atoms with Gasteiger partial charge in [0.2, 0.25) is 0 Å². The number of aryl methyl sites for hydroxylation is 1. The summed E-state index contributed by atoms with van der Waals surface area (Å²) in [5.41, 5.74) is 2.86. The predicted molar refractivity (Wildman–Crippen MR) is 103 cm³/mol. The molecule has 1 fully saturated rings. The molecule has 2 aromatic rings. The average Bonchev–Trinajstić information content (AvgIpc) is 3.25. The molecule has 0 unspecified atom stereocenters. The summed E-state index contributed by atoms with van der Waals surface area (Å²) in [6.45, 7) is 3.44. The standard InChI is InChI=1S/C21H18ClFN2O2/c1-13-4-6-14(7-5-13)18-19(24-10-2-3-11-24)21(27)25(20(18)26)15-8-9-17(23)16(22)12-15/h4-9,12H,2-3,10-11H2,1H3. The van der Waals surface area contributed by atoms with E-state index >= 15 is 0 Å². The van der Waals surface area contributed by atoms with Gasteiger partial charge in [0.1, 0.15) is 11.5 Å². The van der Waals surface area contributed by atoms with Crippen LogP contribution in [-0.2, 0) is 9.59 Å². The van der Waals surface area contributed by atoms with Crippen molar-refractivity contribution in [1.29, 1.82) is 0 Å². The summed E-state index contributed by atoms with van der Waals surface area (Å²) in [4.78, 5) is 29.5. The van der Waals surface area contributed by atoms with Crippen molar-refractivity contribution >= 4 is 34.7 Å². The van der Waals surface area contributed by atoms with E-state index in [9.17, 15) is 14.0 Å². The Hall–Kier alpha value is -2.66. The molecule has 0 atom stereocenters. The molecular weight excluding hydrogens is 367 g/mol. The molecule has 0 spiro atoms. The minimum Gasteiger partial charge on any atom is -0.366 e. The van der Waals surface area contributed by atoms with Crippen molar-refractivity contribution in [2.75, 3.05) is 18.0 Å². The van der Waals surface area contributed by atoms with Crippen molar-refractivity contribution in [3.8, 4) is 0 Å². The summed E-state index contributed by atoms with van der Waals surface area (Å²) in [5, 5.41) is -0.125. The van der Waals surface area contributed by atoms with Crippen molar-refractivity contribution < 1.29 is 14.0 Å². The highest BCUT2D eigenvalue weighted by molar-refractivity contribution is 6.45. The Morgan fingerprint density at radius 3 is 2.26 bits per heavy atom. The topological polar surface area (TPSA) is 40.6 Å². The van der Waals surface area contributed by atoms with Crippen LogP contribution >= 0.6 is 11.6 Å². The maximum atomic E-state index is 13.5. The molecule has 0 aromatic heterocycles. The largest absolute Gasteiger partial charge is 0.366 e. The van der Waals surface area contributed by atoms with E-state index in [0.29, 0.717) is 16.8 Å². The molecule has 2 aliphatic heterocycles. The highest BCUT2D eigenvalue weighted by Crippen LogP contribution is 2.37. The Morgan fingerprint density at radius 1 is 0.963 bits per heavy atom. The molecule has 0 saturated carbocycles. The third-order valence-electron chi connectivity index (χ3n) is 4.98. The summed E-state index contributed by atoms with van der Waals surface area (Å²) in [6.07, 6.45) is 1.96. The number of hydrogen-bond acceptors (Lipinski definition) is 3. The van der Waals surface area contributed by atoms with Crippen LogP contribution < -0.4 is 4.90 Å². The van der Waals surface area contributed by atoms with Crippen LogP contribution in [0.3, 0.4) is 0 Å². The van der Waals surface area contributed by atoms with Crippen molar-refractivity contribution in [1.82, 2.24) is 4.90 Å². The molecule has 6 heteroatoms. The number of nitrogens with zero attached hydrogens (tertiary/aromatic N) is 2. The first kappa shape index (κ1) is 17.7. The van der Waals surface area contributed by atoms with Crippen LogP contribution in [0.2, 0.25) is 5.02 Å². The second-order valence-electron chi connectivity index (χ2n) is 6.83. The molecule has 0 N–H and O–H groups in total. The van der Waals surface area contributed by atoms with E-state index in [0.717, 1.165) is 42.5 Å². The van der Waals surface area contributed by atoms with Crippen LogP contribution in [-0.4, -0.2) is 29.8 Å². The van der Waals surface area contributed by atoms with Gasteiger partial charge in [0.15, 0.2) is 0 Å². The molecule has 0 bridgehead atoms. The Bertz CT molecular complexity index is 963. The van der Waals surface area contributed by atoms with E-state index in [1.165, 1.54) is 12.1 Å². The van der Waals surface area contributed by atoms with Crippen LogP contribution in [0.5, 0.6) is 0 Å². The van der Waals surface area contributed by atoms with Gasteiger partial charge in [-0.05, 0) is 43.5 Å². The number of benzene rings is 2. The van der Waals surface area contributed by atoms with Gasteiger partial charge in [-0.2, -0.15) is 0 Å². The maximum absolute atomic E-state index is 13.5. The lowest BCUT2D eigenvalue weighted by atomic mass is 10.0. The summed E-state index contributed by atoms with van der Waals surface area (Å²) in [6, 6.07) is 11.4. The molecule has 4 rings (SSSR count). The van der Waals surface area contributed by atoms with Gasteiger partial charge < -0.3 is 4.90 Å². The molecule has 0 aliphatic carbocycles. The Labute approximate surface area is 161 Å². The lowest BCUT2D eigenvalue weighted by Crippen LogP contribution is -2.34. The fraction of sp³-hybridized carbons (Fsp3) is 0.238. The van der Waals surface area contributed by atoms with E-state index in [1.807, 2.05) is 36.1 Å². The van der Waals surface area contributed by atoms with Crippen molar-refractivity contribution in [2.24, 2.45) is 0 Å². The van der Waals surface area contributed by atoms with E-state index in [1.54, 1.807) is 0 Å². The smallest absolute Gasteiger partial charge is 0.282 e. The van der Waals surface area contributed by atoms with Gasteiger partial charge in [-0.3, -0.25) is 9.59 Å². The lowest BCUT2D eigenvalue weighted by molar-refractivity contribution is -0.120. The molecule has 2 aliphatic rings. The Balaban J connectivity index is 1.83. The van der Waals surface area contributed by atoms with Gasteiger partial charge in [-0.25, -0.2) is 9.29 Å². The summed E-state index contributed by atoms with van der Waals surface area (Å²) >= 11 is 5.87. The first-order chi connectivity index (χ1) is 13.0. The summed E-state index contributed by atoms with van der Waals surface area (Å²) in [7, 11) is 0. The SMILES string of the molecule is Cc1ccc(C2=C(N3CCCC3)C(=O)N(c3ccc(F)c(Cl)c3)C2=O)cc1. The lowest BCUT2D eigenvalue weighted by Gasteiger charge is -2.20. The predicted octanol–water partition coefficient (Wildman–Crippen LogP) is 4.17. The molecule has 2 aromatic carbocycles. The van der Waals surface area contributed by atoms with Crippen LogP contribution in [0.15, 0.2) is 48.2 Å². The fourth-order valence-corrected chi connectivity index (χ4v) is 3.77. The summed E-state index contributed by atoms with van der Waals surface area (Å²) < 4.78 is 13.5. The van der Waals surface area contributed by atoms with Gasteiger partial charge in [0.05, 0.1) is 16.3 Å². The number of carbonyl (C=O) groups excluding carboxylic acids is 2. The second kappa shape index (κ2) is 6.82. The Morgan fingerprint density at radius 2 is 1.63 bits per heavy atom. The number of imide groups is 1.